The van der Waals surface area contributed by atoms with Crippen molar-refractivity contribution < 1.29 is 15.0 Å². The predicted octanol–water partition coefficient (Wildman–Crippen LogP) is 0.478. The summed E-state index contributed by atoms with van der Waals surface area (Å²) >= 11 is 0. The van der Waals surface area contributed by atoms with Crippen LogP contribution in [0.4, 0.5) is 0 Å². The second kappa shape index (κ2) is 1.95. The zero-order chi connectivity index (χ0) is 7.94. The van der Waals surface area contributed by atoms with E-state index in [0.29, 0.717) is 6.42 Å². The van der Waals surface area contributed by atoms with Crippen molar-refractivity contribution in [2.75, 3.05) is 0 Å². The van der Waals surface area contributed by atoms with E-state index in [1.165, 1.54) is 0 Å². The molecule has 0 aromatic carbocycles. The van der Waals surface area contributed by atoms with Crippen LogP contribution in [0.3, 0.4) is 0 Å². The van der Waals surface area contributed by atoms with E-state index in [2.05, 4.69) is 0 Å². The second-order valence-electron chi connectivity index (χ2n) is 3.28. The summed E-state index contributed by atoms with van der Waals surface area (Å²) in [4.78, 5) is 10.3. The van der Waals surface area contributed by atoms with E-state index >= 15 is 0 Å². The molecule has 0 amide bonds. The summed E-state index contributed by atoms with van der Waals surface area (Å²) in [5.74, 6) is -0.850. The van der Waals surface area contributed by atoms with Crippen LogP contribution in [0.2, 0.25) is 0 Å². The molecule has 1 rings (SSSR count). The van der Waals surface area contributed by atoms with Crippen LogP contribution < -0.4 is 0 Å². The molecule has 1 aliphatic rings. The highest BCUT2D eigenvalue weighted by atomic mass is 16.4. The number of hydrogen-bond acceptors (Lipinski definition) is 2. The Bertz CT molecular complexity index is 164. The number of aliphatic carboxylic acids is 1. The van der Waals surface area contributed by atoms with Crippen molar-refractivity contribution >= 4 is 5.97 Å². The molecule has 10 heavy (non-hydrogen) atoms. The normalized spacial score (nSPS) is 38.2. The molecule has 0 radical (unpaired) electrons. The second-order valence-corrected chi connectivity index (χ2v) is 3.28. The first-order valence-corrected chi connectivity index (χ1v) is 3.44. The van der Waals surface area contributed by atoms with E-state index in [-0.39, 0.29) is 11.8 Å². The lowest BCUT2D eigenvalue weighted by atomic mass is 10.1. The van der Waals surface area contributed by atoms with Crippen molar-refractivity contribution in [3.63, 3.8) is 0 Å². The molecule has 0 aromatic heterocycles. The number of aliphatic hydroxyl groups is 1. The first kappa shape index (κ1) is 7.54. The third kappa shape index (κ3) is 0.904. The Morgan fingerprint density at radius 1 is 1.70 bits per heavy atom. The van der Waals surface area contributed by atoms with Gasteiger partial charge in [-0.3, -0.25) is 0 Å². The van der Waals surface area contributed by atoms with Crippen LogP contribution in [-0.2, 0) is 4.79 Å². The van der Waals surface area contributed by atoms with Crippen LogP contribution in [0.15, 0.2) is 0 Å². The van der Waals surface area contributed by atoms with Gasteiger partial charge in [0, 0.05) is 5.92 Å². The van der Waals surface area contributed by atoms with E-state index < -0.39 is 11.6 Å². The maximum Gasteiger partial charge on any atom is 0.335 e. The van der Waals surface area contributed by atoms with E-state index in [0.717, 1.165) is 0 Å². The fraction of sp³-hybridized carbons (Fsp3) is 0.857. The minimum absolute atomic E-state index is 0.0370. The van der Waals surface area contributed by atoms with Crippen LogP contribution >= 0.6 is 0 Å². The molecule has 3 heteroatoms. The zero-order valence-electron chi connectivity index (χ0n) is 6.16. The Labute approximate surface area is 59.7 Å². The van der Waals surface area contributed by atoms with Crippen LogP contribution in [-0.4, -0.2) is 21.8 Å². The molecular formula is C7H12O3. The van der Waals surface area contributed by atoms with Gasteiger partial charge in [0.05, 0.1) is 0 Å². The van der Waals surface area contributed by atoms with Gasteiger partial charge in [-0.2, -0.15) is 0 Å². The van der Waals surface area contributed by atoms with Gasteiger partial charge in [0.25, 0.3) is 0 Å². The topological polar surface area (TPSA) is 57.5 Å². The minimum atomic E-state index is -1.39. The molecule has 1 fully saturated rings. The van der Waals surface area contributed by atoms with Gasteiger partial charge >= 0.3 is 5.97 Å². The number of rotatable bonds is 2. The van der Waals surface area contributed by atoms with Gasteiger partial charge in [0.15, 0.2) is 5.60 Å². The largest absolute Gasteiger partial charge is 0.479 e. The van der Waals surface area contributed by atoms with Crippen LogP contribution in [0.1, 0.15) is 20.3 Å². The van der Waals surface area contributed by atoms with Gasteiger partial charge in [-0.15, -0.1) is 0 Å². The Morgan fingerprint density at radius 3 is 2.30 bits per heavy atom. The van der Waals surface area contributed by atoms with Gasteiger partial charge in [0.1, 0.15) is 0 Å². The lowest BCUT2D eigenvalue weighted by Gasteiger charge is -2.05. The van der Waals surface area contributed by atoms with Crippen molar-refractivity contribution in [3.8, 4) is 0 Å². The summed E-state index contributed by atoms with van der Waals surface area (Å²) < 4.78 is 0. The van der Waals surface area contributed by atoms with Crippen molar-refractivity contribution in [1.29, 1.82) is 0 Å². The maximum absolute atomic E-state index is 10.3. The van der Waals surface area contributed by atoms with Gasteiger partial charge in [-0.1, -0.05) is 13.8 Å². The SMILES string of the molecule is CC(C)C1CC1(O)C(=O)O. The lowest BCUT2D eigenvalue weighted by molar-refractivity contribution is -0.150. The van der Waals surface area contributed by atoms with Gasteiger partial charge in [-0.05, 0) is 12.3 Å². The molecule has 3 nitrogen and oxygen atoms in total. The first-order valence-electron chi connectivity index (χ1n) is 3.44. The summed E-state index contributed by atoms with van der Waals surface area (Å²) in [5.41, 5.74) is -1.39. The molecule has 0 heterocycles. The molecule has 0 spiro atoms. The van der Waals surface area contributed by atoms with Crippen molar-refractivity contribution in [3.05, 3.63) is 0 Å². The summed E-state index contributed by atoms with van der Waals surface area (Å²) in [6.07, 6.45) is 0.417. The Morgan fingerprint density at radius 2 is 2.20 bits per heavy atom. The maximum atomic E-state index is 10.3. The predicted molar refractivity (Wildman–Crippen MR) is 35.5 cm³/mol. The summed E-state index contributed by atoms with van der Waals surface area (Å²) in [5, 5.41) is 17.7. The molecule has 0 aliphatic heterocycles. The van der Waals surface area contributed by atoms with Gasteiger partial charge < -0.3 is 10.2 Å². The average molecular weight is 144 g/mol. The van der Waals surface area contributed by atoms with Crippen molar-refractivity contribution in [2.45, 2.75) is 25.9 Å². The Balaban J connectivity index is 2.56. The van der Waals surface area contributed by atoms with Crippen LogP contribution in [0.5, 0.6) is 0 Å². The third-order valence-electron chi connectivity index (χ3n) is 2.16. The molecule has 2 atom stereocenters. The fourth-order valence-electron chi connectivity index (χ4n) is 1.31. The average Bonchev–Trinajstić information content (AvgIpc) is 2.43. The number of carboxylic acid groups (broad SMARTS) is 1. The van der Waals surface area contributed by atoms with Crippen LogP contribution in [0.25, 0.3) is 0 Å². The molecular weight excluding hydrogens is 132 g/mol. The Kier molecular flexibility index (Phi) is 1.47. The van der Waals surface area contributed by atoms with Crippen LogP contribution in [0, 0.1) is 11.8 Å². The quantitative estimate of drug-likeness (QED) is 0.592. The number of carbonyl (C=O) groups is 1. The summed E-state index contributed by atoms with van der Waals surface area (Å²) in [6, 6.07) is 0. The molecule has 1 aliphatic carbocycles. The molecule has 58 valence electrons. The summed E-state index contributed by atoms with van der Waals surface area (Å²) in [6.45, 7) is 3.84. The van der Waals surface area contributed by atoms with Gasteiger partial charge in [0.2, 0.25) is 0 Å². The monoisotopic (exact) mass is 144 g/mol. The molecule has 0 aromatic rings. The number of hydrogen-bond donors (Lipinski definition) is 2. The molecule has 0 saturated heterocycles. The van der Waals surface area contributed by atoms with E-state index in [9.17, 15) is 9.90 Å². The highest BCUT2D eigenvalue weighted by Crippen LogP contribution is 2.48. The number of carboxylic acids is 1. The third-order valence-corrected chi connectivity index (χ3v) is 2.16. The minimum Gasteiger partial charge on any atom is -0.479 e. The van der Waals surface area contributed by atoms with E-state index in [4.69, 9.17) is 5.11 Å². The fourth-order valence-corrected chi connectivity index (χ4v) is 1.31. The Hall–Kier alpha value is -0.570. The molecule has 2 unspecified atom stereocenters. The molecule has 0 bridgehead atoms. The smallest absolute Gasteiger partial charge is 0.335 e. The zero-order valence-corrected chi connectivity index (χ0v) is 6.16. The first-order chi connectivity index (χ1) is 4.48. The molecule has 2 N–H and O–H groups in total. The standard InChI is InChI=1S/C7H12O3/c1-4(2)5-3-7(5,10)6(8)9/h4-5,10H,3H2,1-2H3,(H,8,9). The van der Waals surface area contributed by atoms with Gasteiger partial charge in [-0.25, -0.2) is 4.79 Å². The highest BCUT2D eigenvalue weighted by Gasteiger charge is 2.60. The lowest BCUT2D eigenvalue weighted by Crippen LogP contribution is -2.25. The van der Waals surface area contributed by atoms with Crippen molar-refractivity contribution in [1.82, 2.24) is 0 Å². The molecule has 1 saturated carbocycles. The van der Waals surface area contributed by atoms with E-state index in [1.807, 2.05) is 13.8 Å². The summed E-state index contributed by atoms with van der Waals surface area (Å²) in [7, 11) is 0. The van der Waals surface area contributed by atoms with E-state index in [1.54, 1.807) is 0 Å². The van der Waals surface area contributed by atoms with Crippen molar-refractivity contribution in [2.24, 2.45) is 11.8 Å². The highest BCUT2D eigenvalue weighted by molar-refractivity contribution is 5.81.